The normalized spacial score (nSPS) is 18.2. The number of benzene rings is 1. The zero-order valence-corrected chi connectivity index (χ0v) is 14.9. The van der Waals surface area contributed by atoms with Gasteiger partial charge in [0.15, 0.2) is 5.76 Å². The summed E-state index contributed by atoms with van der Waals surface area (Å²) in [7, 11) is -4.00. The quantitative estimate of drug-likeness (QED) is 0.872. The van der Waals surface area contributed by atoms with Crippen LogP contribution in [0.3, 0.4) is 0 Å². The fourth-order valence-electron chi connectivity index (χ4n) is 3.06. The van der Waals surface area contributed by atoms with E-state index in [2.05, 4.69) is 10.5 Å². The summed E-state index contributed by atoms with van der Waals surface area (Å²) in [6.45, 7) is 3.13. The van der Waals surface area contributed by atoms with E-state index < -0.39 is 33.6 Å². The van der Waals surface area contributed by atoms with Gasteiger partial charge in [-0.2, -0.15) is 4.31 Å². The van der Waals surface area contributed by atoms with Crippen molar-refractivity contribution in [2.45, 2.75) is 37.6 Å². The molecule has 1 N–H and O–H groups in total. The Balaban J connectivity index is 1.87. The van der Waals surface area contributed by atoms with Crippen LogP contribution in [0, 0.1) is 25.5 Å². The summed E-state index contributed by atoms with van der Waals surface area (Å²) in [5.74, 6) is -2.25. The molecule has 26 heavy (non-hydrogen) atoms. The zero-order valence-electron chi connectivity index (χ0n) is 14.1. The standard InChI is InChI=1S/C16H17F2N3O4S/c1-9-15(10(2)25-20-9)26(23,24)21-7-3-4-14(21)16(22)19-13-6-5-11(17)8-12(13)18/h5-6,8,14H,3-4,7H2,1-2H3,(H,19,22)/t14-/m1/s1. The van der Waals surface area contributed by atoms with Gasteiger partial charge in [0.1, 0.15) is 28.3 Å². The molecule has 0 spiro atoms. The number of nitrogens with zero attached hydrogens (tertiary/aromatic N) is 2. The Morgan fingerprint density at radius 1 is 1.35 bits per heavy atom. The third-order valence-electron chi connectivity index (χ3n) is 4.23. The maximum Gasteiger partial charge on any atom is 0.249 e. The van der Waals surface area contributed by atoms with Crippen molar-refractivity contribution >= 4 is 21.6 Å². The van der Waals surface area contributed by atoms with Crippen molar-refractivity contribution in [2.24, 2.45) is 0 Å². The molecular formula is C16H17F2N3O4S. The molecule has 0 aliphatic carbocycles. The number of nitrogens with one attached hydrogen (secondary N) is 1. The third kappa shape index (κ3) is 3.21. The van der Waals surface area contributed by atoms with E-state index in [0.29, 0.717) is 12.5 Å². The van der Waals surface area contributed by atoms with E-state index in [1.807, 2.05) is 0 Å². The first kappa shape index (κ1) is 18.5. The second-order valence-corrected chi connectivity index (χ2v) is 7.87. The Morgan fingerprint density at radius 2 is 2.08 bits per heavy atom. The van der Waals surface area contributed by atoms with E-state index in [-0.39, 0.29) is 35.0 Å². The number of aromatic nitrogens is 1. The molecule has 2 aromatic rings. The number of halogens is 2. The lowest BCUT2D eigenvalue weighted by Crippen LogP contribution is -2.43. The largest absolute Gasteiger partial charge is 0.360 e. The Kier molecular flexibility index (Phi) is 4.80. The van der Waals surface area contributed by atoms with E-state index in [4.69, 9.17) is 4.52 Å². The van der Waals surface area contributed by atoms with Gasteiger partial charge in [0.05, 0.1) is 5.69 Å². The molecule has 140 valence electrons. The fraction of sp³-hybridized carbons (Fsp3) is 0.375. The number of hydrogen-bond acceptors (Lipinski definition) is 5. The Morgan fingerprint density at radius 3 is 2.69 bits per heavy atom. The molecule has 1 aromatic carbocycles. The number of sulfonamides is 1. The summed E-state index contributed by atoms with van der Waals surface area (Å²) in [6.07, 6.45) is 0.768. The molecule has 7 nitrogen and oxygen atoms in total. The molecule has 0 saturated carbocycles. The Labute approximate surface area is 149 Å². The molecule has 2 heterocycles. The first-order valence-electron chi connectivity index (χ1n) is 7.92. The van der Waals surface area contributed by atoms with Crippen LogP contribution in [0.25, 0.3) is 0 Å². The number of hydrogen-bond donors (Lipinski definition) is 1. The third-order valence-corrected chi connectivity index (χ3v) is 6.38. The molecule has 1 aliphatic heterocycles. The van der Waals surface area contributed by atoms with E-state index in [9.17, 15) is 22.0 Å². The first-order chi connectivity index (χ1) is 12.2. The van der Waals surface area contributed by atoms with Gasteiger partial charge >= 0.3 is 0 Å². The highest BCUT2D eigenvalue weighted by Gasteiger charge is 2.42. The van der Waals surface area contributed by atoms with Crippen LogP contribution in [0.5, 0.6) is 0 Å². The number of carbonyl (C=O) groups excluding carboxylic acids is 1. The van der Waals surface area contributed by atoms with Gasteiger partial charge in [-0.1, -0.05) is 5.16 Å². The summed E-state index contributed by atoms with van der Waals surface area (Å²) < 4.78 is 58.6. The van der Waals surface area contributed by atoms with Crippen LogP contribution in [0.4, 0.5) is 14.5 Å². The molecule has 10 heteroatoms. The predicted molar refractivity (Wildman–Crippen MR) is 87.9 cm³/mol. The van der Waals surface area contributed by atoms with Crippen LogP contribution in [-0.4, -0.2) is 36.4 Å². The molecule has 0 unspecified atom stereocenters. The number of aryl methyl sites for hydroxylation is 2. The Bertz CT molecular complexity index is 939. The minimum atomic E-state index is -4.00. The number of carbonyl (C=O) groups is 1. The number of amides is 1. The molecule has 1 atom stereocenters. The lowest BCUT2D eigenvalue weighted by atomic mass is 10.2. The molecule has 1 aliphatic rings. The zero-order chi connectivity index (χ0) is 19.1. The topological polar surface area (TPSA) is 92.5 Å². The van der Waals surface area contributed by atoms with Gasteiger partial charge in [0.2, 0.25) is 15.9 Å². The second-order valence-electron chi connectivity index (χ2n) is 6.04. The maximum atomic E-state index is 13.8. The summed E-state index contributed by atoms with van der Waals surface area (Å²) in [5, 5.41) is 5.98. The molecule has 1 saturated heterocycles. The SMILES string of the molecule is Cc1noc(C)c1S(=O)(=O)N1CCC[C@@H]1C(=O)Nc1ccc(F)cc1F. The van der Waals surface area contributed by atoms with Crippen molar-refractivity contribution in [3.63, 3.8) is 0 Å². The monoisotopic (exact) mass is 385 g/mol. The van der Waals surface area contributed by atoms with Crippen molar-refractivity contribution in [3.05, 3.63) is 41.3 Å². The van der Waals surface area contributed by atoms with E-state index >= 15 is 0 Å². The first-order valence-corrected chi connectivity index (χ1v) is 9.36. The van der Waals surface area contributed by atoms with Gasteiger partial charge in [-0.15, -0.1) is 0 Å². The lowest BCUT2D eigenvalue weighted by molar-refractivity contribution is -0.119. The molecule has 1 amide bonds. The summed E-state index contributed by atoms with van der Waals surface area (Å²) in [5.41, 5.74) is -0.00359. The minimum Gasteiger partial charge on any atom is -0.360 e. The van der Waals surface area contributed by atoms with Gasteiger partial charge in [0.25, 0.3) is 0 Å². The maximum absolute atomic E-state index is 13.8. The van der Waals surface area contributed by atoms with Gasteiger partial charge in [-0.25, -0.2) is 17.2 Å². The summed E-state index contributed by atoms with van der Waals surface area (Å²) in [6, 6.07) is 1.73. The Hall–Kier alpha value is -2.33. The van der Waals surface area contributed by atoms with E-state index in [1.54, 1.807) is 0 Å². The van der Waals surface area contributed by atoms with Gasteiger partial charge in [-0.3, -0.25) is 4.79 Å². The van der Waals surface area contributed by atoms with Crippen LogP contribution >= 0.6 is 0 Å². The van der Waals surface area contributed by atoms with Crippen LogP contribution < -0.4 is 5.32 Å². The van der Waals surface area contributed by atoms with E-state index in [1.165, 1.54) is 13.8 Å². The smallest absolute Gasteiger partial charge is 0.249 e. The predicted octanol–water partition coefficient (Wildman–Crippen LogP) is 2.36. The van der Waals surface area contributed by atoms with Crippen molar-refractivity contribution in [3.8, 4) is 0 Å². The molecule has 0 radical (unpaired) electrons. The van der Waals surface area contributed by atoms with Crippen LogP contribution in [0.2, 0.25) is 0 Å². The average Bonchev–Trinajstić information content (AvgIpc) is 3.17. The highest BCUT2D eigenvalue weighted by atomic mass is 32.2. The summed E-state index contributed by atoms with van der Waals surface area (Å²) in [4.78, 5) is 12.5. The van der Waals surface area contributed by atoms with Crippen molar-refractivity contribution in [1.29, 1.82) is 0 Å². The fourth-order valence-corrected chi connectivity index (χ4v) is 5.01. The van der Waals surface area contributed by atoms with Gasteiger partial charge in [-0.05, 0) is 38.8 Å². The molecule has 0 bridgehead atoms. The van der Waals surface area contributed by atoms with Gasteiger partial charge < -0.3 is 9.84 Å². The van der Waals surface area contributed by atoms with Crippen LogP contribution in [-0.2, 0) is 14.8 Å². The van der Waals surface area contributed by atoms with Crippen molar-refractivity contribution < 1.29 is 26.5 Å². The van der Waals surface area contributed by atoms with Crippen molar-refractivity contribution in [1.82, 2.24) is 9.46 Å². The van der Waals surface area contributed by atoms with Crippen molar-refractivity contribution in [2.75, 3.05) is 11.9 Å². The highest BCUT2D eigenvalue weighted by Crippen LogP contribution is 2.30. The molecule has 1 fully saturated rings. The summed E-state index contributed by atoms with van der Waals surface area (Å²) >= 11 is 0. The van der Waals surface area contributed by atoms with Crippen LogP contribution in [0.15, 0.2) is 27.6 Å². The number of anilines is 1. The van der Waals surface area contributed by atoms with E-state index in [0.717, 1.165) is 16.4 Å². The molecule has 1 aromatic heterocycles. The highest BCUT2D eigenvalue weighted by molar-refractivity contribution is 7.89. The minimum absolute atomic E-state index is 0.0647. The molecular weight excluding hydrogens is 368 g/mol. The van der Waals surface area contributed by atoms with Crippen LogP contribution in [0.1, 0.15) is 24.3 Å². The number of rotatable bonds is 4. The van der Waals surface area contributed by atoms with Gasteiger partial charge in [0, 0.05) is 12.6 Å². The second kappa shape index (κ2) is 6.76. The lowest BCUT2D eigenvalue weighted by Gasteiger charge is -2.23. The average molecular weight is 385 g/mol. The molecule has 3 rings (SSSR count).